The van der Waals surface area contributed by atoms with Gasteiger partial charge in [0, 0.05) is 12.1 Å². The summed E-state index contributed by atoms with van der Waals surface area (Å²) < 4.78 is 0. The third kappa shape index (κ3) is 3.54. The predicted molar refractivity (Wildman–Crippen MR) is 60.5 cm³/mol. The standard InChI is InChI=1S/C9H13N5O4/c1-3-12(4-2)14(17)11-18-9-6-5-8(7-10-9)13(15)16/h5-7H,3-4H2,1-2H3/b14-11-. The molecule has 0 saturated carbocycles. The second-order valence-corrected chi connectivity index (χ2v) is 3.18. The van der Waals surface area contributed by atoms with Gasteiger partial charge in [-0.3, -0.25) is 15.0 Å². The van der Waals surface area contributed by atoms with Crippen molar-refractivity contribution in [2.75, 3.05) is 13.1 Å². The first-order chi connectivity index (χ1) is 8.58. The van der Waals surface area contributed by atoms with Gasteiger partial charge in [0.15, 0.2) is 0 Å². The number of hydrogen-bond acceptors (Lipinski definition) is 6. The van der Waals surface area contributed by atoms with Gasteiger partial charge in [0.2, 0.25) is 5.28 Å². The minimum Gasteiger partial charge on any atom is -0.569 e. The molecule has 9 nitrogen and oxygen atoms in total. The summed E-state index contributed by atoms with van der Waals surface area (Å²) in [5, 5.41) is 26.4. The monoisotopic (exact) mass is 255 g/mol. The van der Waals surface area contributed by atoms with Crippen LogP contribution in [0.1, 0.15) is 13.8 Å². The molecule has 0 aliphatic carbocycles. The van der Waals surface area contributed by atoms with Crippen molar-refractivity contribution in [2.45, 2.75) is 13.8 Å². The Morgan fingerprint density at radius 1 is 1.39 bits per heavy atom. The number of rotatable bonds is 6. The number of hydrogen-bond donors (Lipinski definition) is 0. The van der Waals surface area contributed by atoms with Crippen molar-refractivity contribution in [3.05, 3.63) is 33.7 Å². The molecule has 0 bridgehead atoms. The molecule has 9 heteroatoms. The average molecular weight is 255 g/mol. The molecule has 1 aromatic heterocycles. The van der Waals surface area contributed by atoms with Crippen LogP contribution in [0.2, 0.25) is 0 Å². The second kappa shape index (κ2) is 6.33. The van der Waals surface area contributed by atoms with Crippen LogP contribution < -0.4 is 4.84 Å². The number of nitrogens with zero attached hydrogens (tertiary/aromatic N) is 5. The molecule has 18 heavy (non-hydrogen) atoms. The van der Waals surface area contributed by atoms with Gasteiger partial charge in [0.1, 0.15) is 6.20 Å². The summed E-state index contributed by atoms with van der Waals surface area (Å²) in [5.41, 5.74) is -0.162. The molecular weight excluding hydrogens is 242 g/mol. The van der Waals surface area contributed by atoms with Crippen molar-refractivity contribution < 1.29 is 14.7 Å². The zero-order valence-electron chi connectivity index (χ0n) is 10.0. The highest BCUT2D eigenvalue weighted by Gasteiger charge is 2.09. The van der Waals surface area contributed by atoms with Crippen LogP contribution in [-0.2, 0) is 0 Å². The molecular formula is C9H13N5O4. The Kier molecular flexibility index (Phi) is 4.78. The summed E-state index contributed by atoms with van der Waals surface area (Å²) in [6.07, 6.45) is 1.03. The van der Waals surface area contributed by atoms with Gasteiger partial charge in [-0.25, -0.2) is 4.98 Å². The molecule has 0 N–H and O–H groups in total. The van der Waals surface area contributed by atoms with Gasteiger partial charge in [-0.05, 0) is 13.8 Å². The lowest BCUT2D eigenvalue weighted by atomic mass is 10.4. The average Bonchev–Trinajstić information content (AvgIpc) is 2.38. The van der Waals surface area contributed by atoms with E-state index in [9.17, 15) is 15.3 Å². The first-order valence-corrected chi connectivity index (χ1v) is 5.29. The van der Waals surface area contributed by atoms with Crippen molar-refractivity contribution in [3.8, 4) is 5.88 Å². The van der Waals surface area contributed by atoms with E-state index in [2.05, 4.69) is 10.3 Å². The molecule has 98 valence electrons. The number of hydrazine groups is 1. The topological polar surface area (TPSA) is 107 Å². The van der Waals surface area contributed by atoms with Gasteiger partial charge in [-0.1, -0.05) is 0 Å². The SMILES string of the molecule is CCN(CC)/[N+]([O-])=N/Oc1ccc([N+](=O)[O-])cn1. The molecule has 0 unspecified atom stereocenters. The van der Waals surface area contributed by atoms with Gasteiger partial charge >= 0.3 is 0 Å². The molecule has 0 amide bonds. The van der Waals surface area contributed by atoms with Crippen LogP contribution in [0.4, 0.5) is 5.69 Å². The molecule has 1 heterocycles. The summed E-state index contributed by atoms with van der Waals surface area (Å²) in [6, 6.07) is 2.47. The normalized spacial score (nSPS) is 11.1. The molecule has 0 fully saturated rings. The highest BCUT2D eigenvalue weighted by molar-refractivity contribution is 5.28. The van der Waals surface area contributed by atoms with Crippen molar-refractivity contribution in [2.24, 2.45) is 5.28 Å². The van der Waals surface area contributed by atoms with E-state index in [0.717, 1.165) is 6.20 Å². The summed E-state index contributed by atoms with van der Waals surface area (Å²) in [7, 11) is 0. The zero-order chi connectivity index (χ0) is 13.5. The Morgan fingerprint density at radius 3 is 2.50 bits per heavy atom. The van der Waals surface area contributed by atoms with E-state index in [4.69, 9.17) is 4.84 Å². The zero-order valence-corrected chi connectivity index (χ0v) is 10.0. The van der Waals surface area contributed by atoms with Crippen LogP contribution in [0.15, 0.2) is 23.6 Å². The summed E-state index contributed by atoms with van der Waals surface area (Å²) in [4.78, 5) is 18.5. The van der Waals surface area contributed by atoms with E-state index in [1.165, 1.54) is 17.1 Å². The Labute approximate surface area is 103 Å². The minimum absolute atomic E-state index is 0.00797. The fourth-order valence-electron chi connectivity index (χ4n) is 1.13. The predicted octanol–water partition coefficient (Wildman–Crippen LogP) is 1.50. The fraction of sp³-hybridized carbons (Fsp3) is 0.444. The van der Waals surface area contributed by atoms with Gasteiger partial charge in [-0.15, -0.1) is 5.01 Å². The van der Waals surface area contributed by atoms with Crippen molar-refractivity contribution in [1.29, 1.82) is 0 Å². The molecule has 0 aliphatic rings. The molecule has 0 saturated heterocycles. The Hall–Kier alpha value is -2.45. The molecule has 0 aromatic carbocycles. The van der Waals surface area contributed by atoms with Gasteiger partial charge in [0.05, 0.1) is 23.0 Å². The quantitative estimate of drug-likeness (QED) is 0.330. The lowest BCUT2D eigenvalue weighted by Gasteiger charge is -2.12. The number of aromatic nitrogens is 1. The maximum atomic E-state index is 11.4. The summed E-state index contributed by atoms with van der Waals surface area (Å²) in [5.74, 6) is 0.00797. The van der Waals surface area contributed by atoms with Crippen LogP contribution in [0.5, 0.6) is 5.88 Å². The molecule has 1 rings (SSSR count). The summed E-state index contributed by atoms with van der Waals surface area (Å²) >= 11 is 0. The van der Waals surface area contributed by atoms with Crippen molar-refractivity contribution in [3.63, 3.8) is 0 Å². The largest absolute Gasteiger partial charge is 0.569 e. The minimum atomic E-state index is -0.580. The highest BCUT2D eigenvalue weighted by atomic mass is 16.7. The third-order valence-electron chi connectivity index (χ3n) is 2.11. The van der Waals surface area contributed by atoms with Crippen LogP contribution in [0.25, 0.3) is 0 Å². The first-order valence-electron chi connectivity index (χ1n) is 5.29. The van der Waals surface area contributed by atoms with E-state index in [-0.39, 0.29) is 11.6 Å². The van der Waals surface area contributed by atoms with E-state index in [0.29, 0.717) is 18.1 Å². The lowest BCUT2D eigenvalue weighted by Crippen LogP contribution is -2.30. The first kappa shape index (κ1) is 13.6. The number of pyridine rings is 1. The van der Waals surface area contributed by atoms with Gasteiger partial charge < -0.3 is 5.21 Å². The molecule has 0 atom stereocenters. The smallest absolute Gasteiger partial charge is 0.287 e. The van der Waals surface area contributed by atoms with Crippen LogP contribution >= 0.6 is 0 Å². The Balaban J connectivity index is 2.68. The van der Waals surface area contributed by atoms with E-state index >= 15 is 0 Å². The second-order valence-electron chi connectivity index (χ2n) is 3.18. The van der Waals surface area contributed by atoms with Gasteiger partial charge in [0.25, 0.3) is 11.6 Å². The molecule has 0 spiro atoms. The molecule has 0 aliphatic heterocycles. The van der Waals surface area contributed by atoms with Crippen molar-refractivity contribution >= 4 is 5.69 Å². The Bertz CT molecular complexity index is 429. The lowest BCUT2D eigenvalue weighted by molar-refractivity contribution is -0.706. The van der Waals surface area contributed by atoms with E-state index < -0.39 is 4.92 Å². The highest BCUT2D eigenvalue weighted by Crippen LogP contribution is 2.13. The van der Waals surface area contributed by atoms with Crippen LogP contribution in [0, 0.1) is 15.3 Å². The van der Waals surface area contributed by atoms with E-state index in [1.54, 1.807) is 13.8 Å². The van der Waals surface area contributed by atoms with E-state index in [1.807, 2.05) is 0 Å². The van der Waals surface area contributed by atoms with Gasteiger partial charge in [-0.2, -0.15) is 0 Å². The Morgan fingerprint density at radius 2 is 2.06 bits per heavy atom. The molecule has 0 radical (unpaired) electrons. The summed E-state index contributed by atoms with van der Waals surface area (Å²) in [6.45, 7) is 4.57. The van der Waals surface area contributed by atoms with Crippen molar-refractivity contribution in [1.82, 2.24) is 9.99 Å². The number of nitro groups is 1. The molecule has 1 aromatic rings. The van der Waals surface area contributed by atoms with Crippen LogP contribution in [-0.4, -0.2) is 33.0 Å². The maximum Gasteiger partial charge on any atom is 0.287 e. The third-order valence-corrected chi connectivity index (χ3v) is 2.11. The maximum absolute atomic E-state index is 11.4. The fourth-order valence-corrected chi connectivity index (χ4v) is 1.13. The van der Waals surface area contributed by atoms with Crippen LogP contribution in [0.3, 0.4) is 0 Å².